The van der Waals surface area contributed by atoms with Crippen LogP contribution in [0.3, 0.4) is 0 Å². The first kappa shape index (κ1) is 18.7. The Hall–Kier alpha value is -2.38. The van der Waals surface area contributed by atoms with Gasteiger partial charge in [0.2, 0.25) is 5.95 Å². The monoisotopic (exact) mass is 327 g/mol. The second kappa shape index (κ2) is 6.80. The Balaban J connectivity index is 2.99. The van der Waals surface area contributed by atoms with Crippen LogP contribution in [0.1, 0.15) is 41.5 Å². The van der Waals surface area contributed by atoms with Crippen molar-refractivity contribution in [2.75, 3.05) is 5.01 Å². The number of pyridine rings is 1. The summed E-state index contributed by atoms with van der Waals surface area (Å²) < 4.78 is 23.3. The standard InChI is InChI=1S/C15H22FN3O4/c1-14(2,3)22-12(20)18-19(13(21)23-15(4,5)6)10-7-8-11(16)17-9-10/h7-9H,1-6H3,(H,18,20). The molecule has 0 aliphatic heterocycles. The summed E-state index contributed by atoms with van der Waals surface area (Å²) in [5.74, 6) is -0.713. The molecule has 1 N–H and O–H groups in total. The number of carbonyl (C=O) groups excluding carboxylic acids is 2. The lowest BCUT2D eigenvalue weighted by molar-refractivity contribution is 0.0425. The summed E-state index contributed by atoms with van der Waals surface area (Å²) in [7, 11) is 0. The predicted molar refractivity (Wildman–Crippen MR) is 82.3 cm³/mol. The van der Waals surface area contributed by atoms with Crippen molar-refractivity contribution < 1.29 is 23.5 Å². The average Bonchev–Trinajstić information content (AvgIpc) is 2.33. The summed E-state index contributed by atoms with van der Waals surface area (Å²) in [5.41, 5.74) is 0.873. The fourth-order valence-electron chi connectivity index (χ4n) is 1.42. The second-order valence-corrected chi connectivity index (χ2v) is 6.77. The molecule has 0 fully saturated rings. The first-order chi connectivity index (χ1) is 10.4. The van der Waals surface area contributed by atoms with E-state index in [1.54, 1.807) is 41.5 Å². The number of rotatable bonds is 1. The number of nitrogens with one attached hydrogen (secondary N) is 1. The molecule has 1 aromatic rings. The van der Waals surface area contributed by atoms with Gasteiger partial charge in [0, 0.05) is 0 Å². The lowest BCUT2D eigenvalue weighted by Gasteiger charge is -2.28. The smallest absolute Gasteiger partial charge is 0.434 e. The lowest BCUT2D eigenvalue weighted by atomic mass is 10.2. The summed E-state index contributed by atoms with van der Waals surface area (Å²) in [6.45, 7) is 10.1. The van der Waals surface area contributed by atoms with Crippen molar-refractivity contribution in [2.24, 2.45) is 0 Å². The summed E-state index contributed by atoms with van der Waals surface area (Å²) in [5, 5.41) is 0.811. The van der Waals surface area contributed by atoms with Gasteiger partial charge in [-0.15, -0.1) is 0 Å². The zero-order valence-corrected chi connectivity index (χ0v) is 14.1. The minimum Gasteiger partial charge on any atom is -0.443 e. The molecule has 0 aliphatic carbocycles. The Bertz CT molecular complexity index is 562. The van der Waals surface area contributed by atoms with Crippen LogP contribution in [0.2, 0.25) is 0 Å². The fraction of sp³-hybridized carbons (Fsp3) is 0.533. The molecule has 0 aromatic carbocycles. The van der Waals surface area contributed by atoms with Crippen LogP contribution in [0.5, 0.6) is 0 Å². The Morgan fingerprint density at radius 3 is 2.09 bits per heavy atom. The molecule has 23 heavy (non-hydrogen) atoms. The highest BCUT2D eigenvalue weighted by Crippen LogP contribution is 2.17. The maximum Gasteiger partial charge on any atom is 0.434 e. The van der Waals surface area contributed by atoms with Gasteiger partial charge in [-0.05, 0) is 53.7 Å². The van der Waals surface area contributed by atoms with Crippen LogP contribution in [-0.2, 0) is 9.47 Å². The Kier molecular flexibility index (Phi) is 5.52. The maximum absolute atomic E-state index is 12.9. The van der Waals surface area contributed by atoms with E-state index in [-0.39, 0.29) is 5.69 Å². The number of hydrazine groups is 1. The molecule has 7 nitrogen and oxygen atoms in total. The summed E-state index contributed by atoms with van der Waals surface area (Å²) >= 11 is 0. The molecule has 0 atom stereocenters. The molecule has 2 amide bonds. The number of halogens is 1. The van der Waals surface area contributed by atoms with Crippen molar-refractivity contribution in [2.45, 2.75) is 52.7 Å². The number of hydrogen-bond acceptors (Lipinski definition) is 5. The zero-order valence-electron chi connectivity index (χ0n) is 14.1. The zero-order chi connectivity index (χ0) is 17.8. The van der Waals surface area contributed by atoms with Gasteiger partial charge in [0.05, 0.1) is 11.9 Å². The van der Waals surface area contributed by atoms with Crippen molar-refractivity contribution >= 4 is 17.9 Å². The largest absolute Gasteiger partial charge is 0.443 e. The molecule has 0 aliphatic rings. The topological polar surface area (TPSA) is 80.8 Å². The van der Waals surface area contributed by atoms with Gasteiger partial charge in [-0.1, -0.05) is 0 Å². The quantitative estimate of drug-likeness (QED) is 0.631. The Morgan fingerprint density at radius 2 is 1.65 bits per heavy atom. The van der Waals surface area contributed by atoms with Crippen LogP contribution in [0.25, 0.3) is 0 Å². The molecular formula is C15H22FN3O4. The Labute approximate surface area is 134 Å². The number of nitrogens with zero attached hydrogens (tertiary/aromatic N) is 2. The molecular weight excluding hydrogens is 305 g/mol. The molecule has 0 bridgehead atoms. The predicted octanol–water partition coefficient (Wildman–Crippen LogP) is 3.40. The number of ether oxygens (including phenoxy) is 2. The van der Waals surface area contributed by atoms with Gasteiger partial charge in [0.1, 0.15) is 11.2 Å². The molecule has 8 heteroatoms. The van der Waals surface area contributed by atoms with Crippen molar-refractivity contribution in [3.8, 4) is 0 Å². The van der Waals surface area contributed by atoms with Crippen molar-refractivity contribution in [1.29, 1.82) is 0 Å². The number of aromatic nitrogens is 1. The SMILES string of the molecule is CC(C)(C)OC(=O)NN(C(=O)OC(C)(C)C)c1ccc(F)nc1. The molecule has 0 saturated carbocycles. The maximum atomic E-state index is 12.9. The van der Waals surface area contributed by atoms with E-state index in [0.717, 1.165) is 17.3 Å². The van der Waals surface area contributed by atoms with E-state index in [0.29, 0.717) is 0 Å². The van der Waals surface area contributed by atoms with E-state index in [4.69, 9.17) is 9.47 Å². The molecule has 1 aromatic heterocycles. The third kappa shape index (κ3) is 6.94. The van der Waals surface area contributed by atoms with Crippen LogP contribution in [0.4, 0.5) is 19.7 Å². The van der Waals surface area contributed by atoms with Crippen LogP contribution in [-0.4, -0.2) is 28.4 Å². The van der Waals surface area contributed by atoms with Gasteiger partial charge in [0.15, 0.2) is 0 Å². The summed E-state index contributed by atoms with van der Waals surface area (Å²) in [6.07, 6.45) is -0.610. The lowest BCUT2D eigenvalue weighted by Crippen LogP contribution is -2.50. The normalized spacial score (nSPS) is 11.6. The van der Waals surface area contributed by atoms with Crippen LogP contribution >= 0.6 is 0 Å². The van der Waals surface area contributed by atoms with Crippen LogP contribution in [0, 0.1) is 5.95 Å². The highest BCUT2D eigenvalue weighted by atomic mass is 19.1. The third-order valence-corrected chi connectivity index (χ3v) is 2.15. The number of carbonyl (C=O) groups is 2. The van der Waals surface area contributed by atoms with Crippen molar-refractivity contribution in [1.82, 2.24) is 10.4 Å². The van der Waals surface area contributed by atoms with Crippen molar-refractivity contribution in [3.05, 3.63) is 24.3 Å². The number of anilines is 1. The molecule has 0 unspecified atom stereocenters. The van der Waals surface area contributed by atoms with E-state index >= 15 is 0 Å². The highest BCUT2D eigenvalue weighted by molar-refractivity contribution is 5.90. The van der Waals surface area contributed by atoms with Crippen molar-refractivity contribution in [3.63, 3.8) is 0 Å². The molecule has 1 heterocycles. The molecule has 0 saturated heterocycles. The van der Waals surface area contributed by atoms with Gasteiger partial charge in [-0.3, -0.25) is 0 Å². The van der Waals surface area contributed by atoms with Gasteiger partial charge in [-0.25, -0.2) is 20.0 Å². The van der Waals surface area contributed by atoms with E-state index in [1.807, 2.05) is 0 Å². The van der Waals surface area contributed by atoms with Crippen LogP contribution < -0.4 is 10.4 Å². The summed E-state index contributed by atoms with van der Waals surface area (Å²) in [6, 6.07) is 2.34. The second-order valence-electron chi connectivity index (χ2n) is 6.77. The van der Waals surface area contributed by atoms with E-state index < -0.39 is 29.3 Å². The average molecular weight is 327 g/mol. The van der Waals surface area contributed by atoms with E-state index in [9.17, 15) is 14.0 Å². The first-order valence-electron chi connectivity index (χ1n) is 7.02. The molecule has 128 valence electrons. The number of hydrogen-bond donors (Lipinski definition) is 1. The van der Waals surface area contributed by atoms with E-state index in [2.05, 4.69) is 10.4 Å². The third-order valence-electron chi connectivity index (χ3n) is 2.15. The first-order valence-corrected chi connectivity index (χ1v) is 7.02. The van der Waals surface area contributed by atoms with Crippen LogP contribution in [0.15, 0.2) is 18.3 Å². The van der Waals surface area contributed by atoms with E-state index in [1.165, 1.54) is 6.07 Å². The van der Waals surface area contributed by atoms with Gasteiger partial charge in [-0.2, -0.15) is 9.40 Å². The number of amides is 2. The molecule has 0 radical (unpaired) electrons. The van der Waals surface area contributed by atoms with Gasteiger partial charge < -0.3 is 9.47 Å². The van der Waals surface area contributed by atoms with Gasteiger partial charge >= 0.3 is 12.2 Å². The fourth-order valence-corrected chi connectivity index (χ4v) is 1.42. The Morgan fingerprint density at radius 1 is 1.09 bits per heavy atom. The minimum absolute atomic E-state index is 0.131. The minimum atomic E-state index is -0.854. The summed E-state index contributed by atoms with van der Waals surface area (Å²) in [4.78, 5) is 27.6. The highest BCUT2D eigenvalue weighted by Gasteiger charge is 2.27. The van der Waals surface area contributed by atoms with Gasteiger partial charge in [0.25, 0.3) is 0 Å². The molecule has 0 spiro atoms. The molecule has 1 rings (SSSR count).